The second-order valence-corrected chi connectivity index (χ2v) is 6.95. The molecule has 27 heavy (non-hydrogen) atoms. The Labute approximate surface area is 167 Å². The third-order valence-corrected chi connectivity index (χ3v) is 5.03. The molecule has 140 valence electrons. The van der Waals surface area contributed by atoms with Crippen LogP contribution in [0.3, 0.4) is 0 Å². The molecule has 0 aliphatic carbocycles. The Morgan fingerprint density at radius 2 is 1.81 bits per heavy atom. The van der Waals surface area contributed by atoms with E-state index in [1.165, 1.54) is 18.3 Å². The zero-order valence-corrected chi connectivity index (χ0v) is 16.0. The van der Waals surface area contributed by atoms with Gasteiger partial charge >= 0.3 is 6.18 Å². The van der Waals surface area contributed by atoms with Crippen LogP contribution in [-0.4, -0.2) is 17.1 Å². The van der Waals surface area contributed by atoms with Gasteiger partial charge in [-0.25, -0.2) is 0 Å². The van der Waals surface area contributed by atoms with Gasteiger partial charge in [0.15, 0.2) is 0 Å². The Bertz CT molecular complexity index is 1020. The normalized spacial score (nSPS) is 11.6. The number of hydrogen-bond acceptors (Lipinski definition) is 3. The Balaban J connectivity index is 2.16. The molecule has 3 rings (SSSR count). The van der Waals surface area contributed by atoms with Crippen molar-refractivity contribution in [2.75, 3.05) is 6.26 Å². The second kappa shape index (κ2) is 7.58. The smallest absolute Gasteiger partial charge is 0.296 e. The lowest BCUT2D eigenvalue weighted by Gasteiger charge is -2.12. The summed E-state index contributed by atoms with van der Waals surface area (Å²) in [5, 5.41) is 0.865. The molecule has 1 amide bonds. The van der Waals surface area contributed by atoms with E-state index in [1.807, 2.05) is 0 Å². The first-order valence-electron chi connectivity index (χ1n) is 7.51. The van der Waals surface area contributed by atoms with Gasteiger partial charge in [-0.15, -0.1) is 0 Å². The molecule has 0 radical (unpaired) electrons. The maximum atomic E-state index is 12.8. The summed E-state index contributed by atoms with van der Waals surface area (Å²) < 4.78 is 40.9. The average Bonchev–Trinajstić information content (AvgIpc) is 2.64. The molecule has 9 heteroatoms. The van der Waals surface area contributed by atoms with Crippen molar-refractivity contribution in [1.29, 1.82) is 0 Å². The zero-order valence-electron chi connectivity index (χ0n) is 13.7. The first-order chi connectivity index (χ1) is 12.7. The number of amides is 1. The average molecular weight is 431 g/mol. The highest BCUT2D eigenvalue weighted by molar-refractivity contribution is 7.97. The van der Waals surface area contributed by atoms with Crippen molar-refractivity contribution in [3.05, 3.63) is 63.8 Å². The molecule has 0 saturated carbocycles. The molecule has 0 aliphatic heterocycles. The van der Waals surface area contributed by atoms with Gasteiger partial charge in [-0.1, -0.05) is 47.3 Å². The van der Waals surface area contributed by atoms with Crippen LogP contribution in [-0.2, 0) is 6.18 Å². The number of pyridine rings is 1. The van der Waals surface area contributed by atoms with Crippen molar-refractivity contribution in [1.82, 2.24) is 9.71 Å². The summed E-state index contributed by atoms with van der Waals surface area (Å²) in [5.74, 6) is -0.343. The van der Waals surface area contributed by atoms with Crippen LogP contribution in [0.25, 0.3) is 22.0 Å². The lowest BCUT2D eigenvalue weighted by Crippen LogP contribution is -2.15. The molecule has 0 saturated heterocycles. The molecular weight excluding hydrogens is 420 g/mol. The Morgan fingerprint density at radius 3 is 2.41 bits per heavy atom. The number of fused-ring (bicyclic) bond motifs is 1. The number of benzene rings is 2. The molecule has 0 unspecified atom stereocenters. The van der Waals surface area contributed by atoms with Crippen LogP contribution in [0.15, 0.2) is 42.6 Å². The van der Waals surface area contributed by atoms with E-state index < -0.39 is 11.7 Å². The maximum Gasteiger partial charge on any atom is 0.416 e. The SMILES string of the molecule is CSNC(=O)c1cnc2c(-c3ccc(C(F)(F)F)cc3)cc(Cl)c(Cl)c2c1. The number of halogens is 5. The molecule has 0 bridgehead atoms. The van der Waals surface area contributed by atoms with Gasteiger partial charge in [0.2, 0.25) is 0 Å². The summed E-state index contributed by atoms with van der Waals surface area (Å²) in [6.45, 7) is 0. The van der Waals surface area contributed by atoms with Crippen LogP contribution >= 0.6 is 35.1 Å². The molecule has 3 aromatic rings. The van der Waals surface area contributed by atoms with Gasteiger partial charge in [-0.3, -0.25) is 14.5 Å². The predicted octanol–water partition coefficient (Wildman–Crippen LogP) is 6.24. The van der Waals surface area contributed by atoms with Crippen molar-refractivity contribution in [2.45, 2.75) is 6.18 Å². The van der Waals surface area contributed by atoms with Gasteiger partial charge in [0.25, 0.3) is 5.91 Å². The van der Waals surface area contributed by atoms with Gasteiger partial charge in [0, 0.05) is 23.4 Å². The van der Waals surface area contributed by atoms with Crippen LogP contribution in [0.4, 0.5) is 13.2 Å². The summed E-state index contributed by atoms with van der Waals surface area (Å²) in [6.07, 6.45) is -1.33. The number of carbonyl (C=O) groups excluding carboxylic acids is 1. The van der Waals surface area contributed by atoms with Gasteiger partial charge in [0.1, 0.15) is 0 Å². The monoisotopic (exact) mass is 430 g/mol. The predicted molar refractivity (Wildman–Crippen MR) is 103 cm³/mol. The number of alkyl halides is 3. The van der Waals surface area contributed by atoms with Gasteiger partial charge in [-0.2, -0.15) is 13.2 Å². The number of aromatic nitrogens is 1. The Hall–Kier alpha value is -1.96. The summed E-state index contributed by atoms with van der Waals surface area (Å²) in [5.41, 5.74) is 0.995. The van der Waals surface area contributed by atoms with Crippen molar-refractivity contribution in [3.8, 4) is 11.1 Å². The maximum absolute atomic E-state index is 12.8. The van der Waals surface area contributed by atoms with E-state index in [1.54, 1.807) is 18.4 Å². The second-order valence-electron chi connectivity index (χ2n) is 5.55. The van der Waals surface area contributed by atoms with E-state index in [2.05, 4.69) is 9.71 Å². The van der Waals surface area contributed by atoms with Crippen LogP contribution in [0.1, 0.15) is 15.9 Å². The largest absolute Gasteiger partial charge is 0.416 e. The highest BCUT2D eigenvalue weighted by Gasteiger charge is 2.30. The molecule has 1 heterocycles. The van der Waals surface area contributed by atoms with E-state index in [9.17, 15) is 18.0 Å². The molecule has 0 atom stereocenters. The number of hydrogen-bond donors (Lipinski definition) is 1. The van der Waals surface area contributed by atoms with Crippen LogP contribution in [0, 0.1) is 0 Å². The Kier molecular flexibility index (Phi) is 5.55. The van der Waals surface area contributed by atoms with E-state index in [0.717, 1.165) is 24.1 Å². The summed E-state index contributed by atoms with van der Waals surface area (Å²) >= 11 is 13.6. The van der Waals surface area contributed by atoms with Crippen LogP contribution < -0.4 is 4.72 Å². The minimum absolute atomic E-state index is 0.211. The van der Waals surface area contributed by atoms with Crippen LogP contribution in [0.5, 0.6) is 0 Å². The topological polar surface area (TPSA) is 42.0 Å². The van der Waals surface area contributed by atoms with Crippen molar-refractivity contribution >= 4 is 52.0 Å². The minimum atomic E-state index is -4.42. The molecule has 0 aliphatic rings. The number of nitrogens with zero attached hydrogens (tertiary/aromatic N) is 1. The molecule has 1 aromatic heterocycles. The highest BCUT2D eigenvalue weighted by atomic mass is 35.5. The first-order valence-corrected chi connectivity index (χ1v) is 9.49. The minimum Gasteiger partial charge on any atom is -0.296 e. The van der Waals surface area contributed by atoms with E-state index >= 15 is 0 Å². The third-order valence-electron chi connectivity index (χ3n) is 3.84. The van der Waals surface area contributed by atoms with Crippen molar-refractivity contribution < 1.29 is 18.0 Å². The zero-order chi connectivity index (χ0) is 19.8. The molecular formula is C18H11Cl2F3N2OS. The molecule has 1 N–H and O–H groups in total. The Morgan fingerprint density at radius 1 is 1.15 bits per heavy atom. The fourth-order valence-corrected chi connectivity index (χ4v) is 3.28. The lowest BCUT2D eigenvalue weighted by molar-refractivity contribution is -0.137. The summed E-state index contributed by atoms with van der Waals surface area (Å²) in [6, 6.07) is 7.77. The highest BCUT2D eigenvalue weighted by Crippen LogP contribution is 2.38. The fraction of sp³-hybridized carbons (Fsp3) is 0.111. The summed E-state index contributed by atoms with van der Waals surface area (Å²) in [4.78, 5) is 16.3. The van der Waals surface area contributed by atoms with Crippen LogP contribution in [0.2, 0.25) is 10.0 Å². The third kappa shape index (κ3) is 4.00. The molecule has 3 nitrogen and oxygen atoms in total. The number of nitrogens with one attached hydrogen (secondary N) is 1. The molecule has 2 aromatic carbocycles. The van der Waals surface area contributed by atoms with E-state index in [4.69, 9.17) is 23.2 Å². The van der Waals surface area contributed by atoms with Gasteiger partial charge in [-0.05, 0) is 29.8 Å². The number of rotatable bonds is 3. The lowest BCUT2D eigenvalue weighted by atomic mass is 10.00. The number of carbonyl (C=O) groups is 1. The molecule has 0 spiro atoms. The first kappa shape index (κ1) is 19.8. The standard InChI is InChI=1S/C18H11Cl2F3N2OS/c1-27-25-17(26)10-6-13-15(20)14(19)7-12(16(13)24-8-10)9-2-4-11(5-3-9)18(21,22)23/h2-8H,1H3,(H,25,26). The van der Waals surface area contributed by atoms with Crippen molar-refractivity contribution in [2.24, 2.45) is 0 Å². The van der Waals surface area contributed by atoms with Gasteiger partial charge < -0.3 is 0 Å². The van der Waals surface area contributed by atoms with E-state index in [0.29, 0.717) is 27.6 Å². The quantitative estimate of drug-likeness (QED) is 0.500. The molecule has 0 fully saturated rings. The van der Waals surface area contributed by atoms with Gasteiger partial charge in [0.05, 0.1) is 26.7 Å². The summed E-state index contributed by atoms with van der Waals surface area (Å²) in [7, 11) is 0. The van der Waals surface area contributed by atoms with E-state index in [-0.39, 0.29) is 16.0 Å². The van der Waals surface area contributed by atoms with Crippen molar-refractivity contribution in [3.63, 3.8) is 0 Å². The fourth-order valence-electron chi connectivity index (χ4n) is 2.57.